The van der Waals surface area contributed by atoms with Crippen LogP contribution in [0.25, 0.3) is 5.69 Å². The highest BCUT2D eigenvalue weighted by atomic mass is 16.6. The fourth-order valence-electron chi connectivity index (χ4n) is 3.00. The van der Waals surface area contributed by atoms with Crippen molar-refractivity contribution in [3.8, 4) is 5.69 Å². The molecule has 3 rings (SSSR count). The summed E-state index contributed by atoms with van der Waals surface area (Å²) in [6, 6.07) is 5.79. The number of hydrogen-bond donors (Lipinski definition) is 5. The van der Waals surface area contributed by atoms with E-state index in [-0.39, 0.29) is 5.69 Å². The zero-order chi connectivity index (χ0) is 19.7. The maximum atomic E-state index is 12.4. The summed E-state index contributed by atoms with van der Waals surface area (Å²) < 4.78 is 6.70. The molecule has 1 aliphatic heterocycles. The zero-order valence-electron chi connectivity index (χ0n) is 14.9. The van der Waals surface area contributed by atoms with Crippen LogP contribution in [0.1, 0.15) is 21.6 Å². The van der Waals surface area contributed by atoms with Gasteiger partial charge in [0, 0.05) is 0 Å². The van der Waals surface area contributed by atoms with Gasteiger partial charge in [0.2, 0.25) is 0 Å². The molecule has 10 heteroatoms. The summed E-state index contributed by atoms with van der Waals surface area (Å²) in [5.74, 6) is -0.685. The molecule has 1 aliphatic rings. The molecule has 1 fully saturated rings. The maximum absolute atomic E-state index is 12.4. The molecular formula is C17H22N4O6. The Kier molecular flexibility index (Phi) is 5.53. The van der Waals surface area contributed by atoms with Gasteiger partial charge in [-0.05, 0) is 37.1 Å². The number of rotatable bonds is 4. The van der Waals surface area contributed by atoms with Crippen LogP contribution in [0.4, 0.5) is 0 Å². The van der Waals surface area contributed by atoms with Gasteiger partial charge in [0.15, 0.2) is 11.9 Å². The molecule has 2 aromatic rings. The molecule has 146 valence electrons. The van der Waals surface area contributed by atoms with E-state index in [0.717, 1.165) is 16.8 Å². The van der Waals surface area contributed by atoms with Gasteiger partial charge < -0.3 is 30.5 Å². The van der Waals surface area contributed by atoms with Gasteiger partial charge in [-0.25, -0.2) is 4.68 Å². The van der Waals surface area contributed by atoms with Crippen LogP contribution in [0, 0.1) is 13.8 Å². The Labute approximate surface area is 155 Å². The second-order valence-corrected chi connectivity index (χ2v) is 6.62. The molecule has 1 aromatic heterocycles. The van der Waals surface area contributed by atoms with Crippen LogP contribution in [0.5, 0.6) is 0 Å². The highest BCUT2D eigenvalue weighted by molar-refractivity contribution is 5.92. The molecule has 2 heterocycles. The van der Waals surface area contributed by atoms with Crippen molar-refractivity contribution in [2.24, 2.45) is 0 Å². The largest absolute Gasteiger partial charge is 0.394 e. The maximum Gasteiger partial charge on any atom is 0.275 e. The Morgan fingerprint density at radius 2 is 1.81 bits per heavy atom. The van der Waals surface area contributed by atoms with E-state index >= 15 is 0 Å². The minimum Gasteiger partial charge on any atom is -0.394 e. The van der Waals surface area contributed by atoms with Crippen molar-refractivity contribution in [3.05, 3.63) is 41.2 Å². The fraction of sp³-hybridized carbons (Fsp3) is 0.471. The number of aliphatic hydroxyl groups is 4. The number of carbonyl (C=O) groups is 1. The number of benzene rings is 1. The van der Waals surface area contributed by atoms with Crippen LogP contribution in [0.3, 0.4) is 0 Å². The Bertz CT molecular complexity index is 803. The lowest BCUT2D eigenvalue weighted by Crippen LogP contribution is -2.63. The lowest BCUT2D eigenvalue weighted by Gasteiger charge is -2.39. The second-order valence-electron chi connectivity index (χ2n) is 6.62. The van der Waals surface area contributed by atoms with Gasteiger partial charge in [0.25, 0.3) is 5.91 Å². The van der Waals surface area contributed by atoms with Gasteiger partial charge in [0.1, 0.15) is 24.4 Å². The summed E-state index contributed by atoms with van der Waals surface area (Å²) in [5.41, 5.74) is 2.79. The first-order chi connectivity index (χ1) is 12.8. The predicted molar refractivity (Wildman–Crippen MR) is 92.1 cm³/mol. The van der Waals surface area contributed by atoms with E-state index in [0.29, 0.717) is 0 Å². The molecule has 5 atom stereocenters. The molecule has 0 aliphatic carbocycles. The summed E-state index contributed by atoms with van der Waals surface area (Å²) in [5, 5.41) is 48.9. The predicted octanol–water partition coefficient (Wildman–Crippen LogP) is -1.59. The van der Waals surface area contributed by atoms with Crippen molar-refractivity contribution in [2.75, 3.05) is 6.61 Å². The summed E-state index contributed by atoms with van der Waals surface area (Å²) in [6.07, 6.45) is -5.65. The minimum atomic E-state index is -1.58. The number of aromatic nitrogens is 3. The van der Waals surface area contributed by atoms with Crippen molar-refractivity contribution in [2.45, 2.75) is 44.5 Å². The number of nitrogens with one attached hydrogen (secondary N) is 1. The molecule has 27 heavy (non-hydrogen) atoms. The van der Waals surface area contributed by atoms with E-state index in [2.05, 4.69) is 15.6 Å². The summed E-state index contributed by atoms with van der Waals surface area (Å²) >= 11 is 0. The topological polar surface area (TPSA) is 150 Å². The Balaban J connectivity index is 1.74. The Morgan fingerprint density at radius 3 is 2.44 bits per heavy atom. The third kappa shape index (κ3) is 3.99. The lowest BCUT2D eigenvalue weighted by atomic mass is 9.98. The summed E-state index contributed by atoms with van der Waals surface area (Å²) in [6.45, 7) is 3.31. The third-order valence-corrected chi connectivity index (χ3v) is 4.36. The SMILES string of the molecule is Cc1cc(C)cc(-n2cc(C(=O)N[C@@H]3O[C@H](CO)[C@@H](O)[C@H](O)[C@H]3O)nn2)c1. The molecule has 0 radical (unpaired) electrons. The molecular weight excluding hydrogens is 356 g/mol. The van der Waals surface area contributed by atoms with Gasteiger partial charge in [-0.3, -0.25) is 4.79 Å². The number of ether oxygens (including phenoxy) is 1. The van der Waals surface area contributed by atoms with Crippen molar-refractivity contribution >= 4 is 5.91 Å². The number of carbonyl (C=O) groups excluding carboxylic acids is 1. The first-order valence-corrected chi connectivity index (χ1v) is 8.42. The molecule has 0 bridgehead atoms. The molecule has 1 aromatic carbocycles. The number of amides is 1. The standard InChI is InChI=1S/C17H22N4O6/c1-8-3-9(2)5-10(4-8)21-6-11(19-20-21)16(26)18-17-15(25)14(24)13(23)12(7-22)27-17/h3-6,12-15,17,22-25H,7H2,1-2H3,(H,18,26)/t12-,13-,14+,15-,17-/m1/s1. The normalized spacial score (nSPS) is 28.1. The molecule has 0 spiro atoms. The van der Waals surface area contributed by atoms with Gasteiger partial charge >= 0.3 is 0 Å². The number of hydrogen-bond acceptors (Lipinski definition) is 8. The summed E-state index contributed by atoms with van der Waals surface area (Å²) in [7, 11) is 0. The highest BCUT2D eigenvalue weighted by Gasteiger charge is 2.44. The van der Waals surface area contributed by atoms with Crippen LogP contribution < -0.4 is 5.32 Å². The average molecular weight is 378 g/mol. The van der Waals surface area contributed by atoms with Gasteiger partial charge in [0.05, 0.1) is 18.5 Å². The average Bonchev–Trinajstić information content (AvgIpc) is 3.11. The van der Waals surface area contributed by atoms with Gasteiger partial charge in [-0.2, -0.15) is 0 Å². The van der Waals surface area contributed by atoms with E-state index in [4.69, 9.17) is 4.74 Å². The molecule has 0 unspecified atom stereocenters. The first-order valence-electron chi connectivity index (χ1n) is 8.42. The molecule has 1 amide bonds. The molecule has 10 nitrogen and oxygen atoms in total. The van der Waals surface area contributed by atoms with Crippen LogP contribution in [0.15, 0.2) is 24.4 Å². The van der Waals surface area contributed by atoms with E-state index < -0.39 is 43.2 Å². The fourth-order valence-corrected chi connectivity index (χ4v) is 3.00. The number of nitrogens with zero attached hydrogens (tertiary/aromatic N) is 3. The Hall–Kier alpha value is -2.37. The van der Waals surface area contributed by atoms with Crippen molar-refractivity contribution < 1.29 is 30.0 Å². The quantitative estimate of drug-likeness (QED) is 0.428. The summed E-state index contributed by atoms with van der Waals surface area (Å²) in [4.78, 5) is 12.4. The van der Waals surface area contributed by atoms with Crippen LogP contribution in [0.2, 0.25) is 0 Å². The highest BCUT2D eigenvalue weighted by Crippen LogP contribution is 2.20. The van der Waals surface area contributed by atoms with Crippen molar-refractivity contribution in [3.63, 3.8) is 0 Å². The van der Waals surface area contributed by atoms with E-state index in [9.17, 15) is 25.2 Å². The van der Waals surface area contributed by atoms with E-state index in [1.54, 1.807) is 0 Å². The second kappa shape index (κ2) is 7.71. The smallest absolute Gasteiger partial charge is 0.275 e. The van der Waals surface area contributed by atoms with Crippen LogP contribution in [-0.2, 0) is 4.74 Å². The third-order valence-electron chi connectivity index (χ3n) is 4.36. The first kappa shape index (κ1) is 19.4. The Morgan fingerprint density at radius 1 is 1.15 bits per heavy atom. The van der Waals surface area contributed by atoms with E-state index in [1.165, 1.54) is 10.9 Å². The van der Waals surface area contributed by atoms with Crippen LogP contribution in [-0.4, -0.2) is 78.6 Å². The van der Waals surface area contributed by atoms with Gasteiger partial charge in [-0.15, -0.1) is 5.10 Å². The lowest BCUT2D eigenvalue weighted by molar-refractivity contribution is -0.233. The van der Waals surface area contributed by atoms with Crippen molar-refractivity contribution in [1.82, 2.24) is 20.3 Å². The van der Waals surface area contributed by atoms with Crippen LogP contribution >= 0.6 is 0 Å². The molecule has 1 saturated heterocycles. The number of aryl methyl sites for hydroxylation is 2. The molecule has 0 saturated carbocycles. The monoisotopic (exact) mass is 378 g/mol. The number of aliphatic hydroxyl groups excluding tert-OH is 4. The van der Waals surface area contributed by atoms with E-state index in [1.807, 2.05) is 32.0 Å². The zero-order valence-corrected chi connectivity index (χ0v) is 14.9. The van der Waals surface area contributed by atoms with Crippen molar-refractivity contribution in [1.29, 1.82) is 0 Å². The van der Waals surface area contributed by atoms with Gasteiger partial charge in [-0.1, -0.05) is 11.3 Å². The molecule has 5 N–H and O–H groups in total. The minimum absolute atomic E-state index is 0.0221.